The van der Waals surface area contributed by atoms with Crippen molar-refractivity contribution in [2.45, 2.75) is 6.92 Å². The number of hydrogen-bond donors (Lipinski definition) is 1. The fourth-order valence-corrected chi connectivity index (χ4v) is 1.59. The van der Waals surface area contributed by atoms with Gasteiger partial charge in [0.25, 0.3) is 5.91 Å². The molecular weight excluding hydrogens is 275 g/mol. The molecule has 0 radical (unpaired) electrons. The monoisotopic (exact) mass is 289 g/mol. The van der Waals surface area contributed by atoms with Crippen LogP contribution in [0, 0.1) is 6.92 Å². The number of alkyl halides is 1. The lowest BCUT2D eigenvalue weighted by molar-refractivity contribution is -0.119. The number of nitrogens with one attached hydrogen (secondary N) is 1. The summed E-state index contributed by atoms with van der Waals surface area (Å²) in [6.45, 7) is 2.21. The number of aryl methyl sites for hydroxylation is 1. The van der Waals surface area contributed by atoms with Crippen LogP contribution < -0.4 is 10.6 Å². The third-order valence-corrected chi connectivity index (χ3v) is 2.70. The number of hydrazine groups is 1. The van der Waals surface area contributed by atoms with Gasteiger partial charge in [0.05, 0.1) is 12.3 Å². The van der Waals surface area contributed by atoms with Crippen LogP contribution in [-0.4, -0.2) is 24.6 Å². The van der Waals surface area contributed by atoms with Crippen molar-refractivity contribution in [1.29, 1.82) is 0 Å². The van der Waals surface area contributed by atoms with Gasteiger partial charge in [-0.2, -0.15) is 0 Å². The van der Waals surface area contributed by atoms with Gasteiger partial charge in [0.15, 0.2) is 0 Å². The Morgan fingerprint density at radius 1 is 1.44 bits per heavy atom. The molecule has 1 N–H and O–H groups in total. The molecule has 0 spiro atoms. The maximum absolute atomic E-state index is 11.8. The Bertz CT molecular complexity index is 400. The third-order valence-electron chi connectivity index (χ3n) is 2.10. The summed E-state index contributed by atoms with van der Waals surface area (Å²) in [5, 5.41) is 1.22. The Morgan fingerprint density at radius 2 is 2.11 bits per heavy atom. The van der Waals surface area contributed by atoms with Gasteiger partial charge in [-0.15, -0.1) is 17.2 Å². The predicted octanol–water partition coefficient (Wildman–Crippen LogP) is 2.03. The second kappa shape index (κ2) is 8.16. The SMILES string of the molecule is Cc1ccc(N(NOCCCl)C(=O)C[PH+]=O)cc1. The van der Waals surface area contributed by atoms with Gasteiger partial charge in [0, 0.05) is 5.88 Å². The summed E-state index contributed by atoms with van der Waals surface area (Å²) in [4.78, 5) is 16.8. The first kappa shape index (κ1) is 15.1. The predicted molar refractivity (Wildman–Crippen MR) is 72.3 cm³/mol. The van der Waals surface area contributed by atoms with E-state index < -0.39 is 8.46 Å². The van der Waals surface area contributed by atoms with Crippen molar-refractivity contribution in [3.8, 4) is 0 Å². The highest BCUT2D eigenvalue weighted by Gasteiger charge is 2.18. The minimum Gasteiger partial charge on any atom is -0.280 e. The molecule has 5 nitrogen and oxygen atoms in total. The van der Waals surface area contributed by atoms with E-state index in [0.29, 0.717) is 11.6 Å². The molecule has 1 unspecified atom stereocenters. The van der Waals surface area contributed by atoms with Crippen molar-refractivity contribution in [3.63, 3.8) is 0 Å². The van der Waals surface area contributed by atoms with E-state index in [0.717, 1.165) is 5.56 Å². The Morgan fingerprint density at radius 3 is 2.67 bits per heavy atom. The number of benzene rings is 1. The third kappa shape index (κ3) is 4.70. The lowest BCUT2D eigenvalue weighted by Crippen LogP contribution is -2.44. The molecule has 1 atom stereocenters. The minimum absolute atomic E-state index is 0.0644. The zero-order valence-electron chi connectivity index (χ0n) is 9.98. The number of rotatable bonds is 7. The average molecular weight is 290 g/mol. The zero-order valence-corrected chi connectivity index (χ0v) is 11.7. The van der Waals surface area contributed by atoms with E-state index in [2.05, 4.69) is 5.59 Å². The standard InChI is InChI=1S/C11H14ClN2O3P/c1-9-2-4-10(5-3-9)14(11(15)8-18-16)13-17-7-6-12/h2-5,13H,6-8H2,1H3/p+1. The molecule has 0 heterocycles. The van der Waals surface area contributed by atoms with Crippen LogP contribution in [0.3, 0.4) is 0 Å². The van der Waals surface area contributed by atoms with Crippen LogP contribution in [0.1, 0.15) is 5.56 Å². The maximum Gasteiger partial charge on any atom is 0.334 e. The fraction of sp³-hybridized carbons (Fsp3) is 0.364. The van der Waals surface area contributed by atoms with Crippen molar-refractivity contribution in [1.82, 2.24) is 5.59 Å². The highest BCUT2D eigenvalue weighted by Crippen LogP contribution is 2.14. The summed E-state index contributed by atoms with van der Waals surface area (Å²) in [6, 6.07) is 7.30. The van der Waals surface area contributed by atoms with Gasteiger partial charge in [-0.1, -0.05) is 22.3 Å². The largest absolute Gasteiger partial charge is 0.334 e. The zero-order chi connectivity index (χ0) is 13.4. The lowest BCUT2D eigenvalue weighted by Gasteiger charge is -2.21. The Balaban J connectivity index is 2.78. The lowest BCUT2D eigenvalue weighted by atomic mass is 10.2. The first-order valence-corrected chi connectivity index (χ1v) is 7.02. The number of halogens is 1. The van der Waals surface area contributed by atoms with E-state index in [1.54, 1.807) is 12.1 Å². The van der Waals surface area contributed by atoms with Crippen LogP contribution in [0.4, 0.5) is 5.69 Å². The molecule has 1 rings (SSSR count). The van der Waals surface area contributed by atoms with Crippen LogP contribution in [0.5, 0.6) is 0 Å². The molecular formula is C11H15ClN2O3P+. The first-order valence-electron chi connectivity index (χ1n) is 5.37. The van der Waals surface area contributed by atoms with E-state index in [-0.39, 0.29) is 18.7 Å². The van der Waals surface area contributed by atoms with Gasteiger partial charge < -0.3 is 0 Å². The number of amides is 1. The average Bonchev–Trinajstić information content (AvgIpc) is 2.36. The Kier molecular flexibility index (Phi) is 6.83. The second-order valence-corrected chi connectivity index (χ2v) is 4.53. The van der Waals surface area contributed by atoms with Gasteiger partial charge in [-0.3, -0.25) is 9.63 Å². The molecule has 0 aliphatic rings. The second-order valence-electron chi connectivity index (χ2n) is 3.51. The van der Waals surface area contributed by atoms with Gasteiger partial charge >= 0.3 is 8.46 Å². The van der Waals surface area contributed by atoms with Gasteiger partial charge in [-0.25, -0.2) is 5.01 Å². The van der Waals surface area contributed by atoms with Crippen molar-refractivity contribution in [3.05, 3.63) is 29.8 Å². The number of carbonyl (C=O) groups excluding carboxylic acids is 1. The fourth-order valence-electron chi connectivity index (χ4n) is 1.23. The topological polar surface area (TPSA) is 58.6 Å². The Labute approximate surface area is 112 Å². The van der Waals surface area contributed by atoms with E-state index in [1.165, 1.54) is 5.01 Å². The molecule has 1 aromatic carbocycles. The van der Waals surface area contributed by atoms with Gasteiger partial charge in [0.1, 0.15) is 0 Å². The molecule has 98 valence electrons. The highest BCUT2D eigenvalue weighted by atomic mass is 35.5. The molecule has 0 bridgehead atoms. The van der Waals surface area contributed by atoms with E-state index >= 15 is 0 Å². The van der Waals surface area contributed by atoms with Gasteiger partial charge in [-0.05, 0) is 19.1 Å². The van der Waals surface area contributed by atoms with Crippen molar-refractivity contribution in [2.75, 3.05) is 23.7 Å². The quantitative estimate of drug-likeness (QED) is 0.361. The molecule has 0 aliphatic carbocycles. The molecule has 0 fully saturated rings. The summed E-state index contributed by atoms with van der Waals surface area (Å²) < 4.78 is 10.6. The number of nitrogens with zero attached hydrogens (tertiary/aromatic N) is 1. The van der Waals surface area contributed by atoms with Crippen molar-refractivity contribution < 1.29 is 14.2 Å². The van der Waals surface area contributed by atoms with E-state index in [1.807, 2.05) is 19.1 Å². The summed E-state index contributed by atoms with van der Waals surface area (Å²) >= 11 is 5.48. The number of anilines is 1. The van der Waals surface area contributed by atoms with Crippen LogP contribution in [-0.2, 0) is 14.2 Å². The molecule has 18 heavy (non-hydrogen) atoms. The molecule has 0 aromatic heterocycles. The summed E-state index contributed by atoms with van der Waals surface area (Å²) in [6.07, 6.45) is -0.0644. The summed E-state index contributed by atoms with van der Waals surface area (Å²) in [5.41, 5.74) is 4.21. The van der Waals surface area contributed by atoms with Crippen LogP contribution in [0.2, 0.25) is 0 Å². The summed E-state index contributed by atoms with van der Waals surface area (Å²) in [7, 11) is -0.684. The Hall–Kier alpha value is -1.00. The smallest absolute Gasteiger partial charge is 0.280 e. The first-order chi connectivity index (χ1) is 8.69. The molecule has 1 amide bonds. The number of carbonyl (C=O) groups is 1. The van der Waals surface area contributed by atoms with Crippen molar-refractivity contribution in [2.24, 2.45) is 0 Å². The van der Waals surface area contributed by atoms with Crippen LogP contribution in [0.25, 0.3) is 0 Å². The maximum atomic E-state index is 11.8. The normalized spacial score (nSPS) is 10.6. The number of hydrogen-bond acceptors (Lipinski definition) is 4. The highest BCUT2D eigenvalue weighted by molar-refractivity contribution is 7.25. The van der Waals surface area contributed by atoms with Crippen LogP contribution in [0.15, 0.2) is 24.3 Å². The van der Waals surface area contributed by atoms with E-state index in [9.17, 15) is 9.36 Å². The van der Waals surface area contributed by atoms with Gasteiger partial charge in [0.2, 0.25) is 6.16 Å². The molecule has 0 saturated heterocycles. The summed E-state index contributed by atoms with van der Waals surface area (Å²) in [5.74, 6) is -0.0200. The van der Waals surface area contributed by atoms with Crippen molar-refractivity contribution >= 4 is 31.7 Å². The van der Waals surface area contributed by atoms with Crippen LogP contribution >= 0.6 is 20.1 Å². The molecule has 7 heteroatoms. The minimum atomic E-state index is -0.684. The van der Waals surface area contributed by atoms with E-state index in [4.69, 9.17) is 16.4 Å². The molecule has 0 aliphatic heterocycles. The molecule has 0 saturated carbocycles. The molecule has 1 aromatic rings.